The van der Waals surface area contributed by atoms with Gasteiger partial charge < -0.3 is 10.1 Å². The first-order valence-corrected chi connectivity index (χ1v) is 7.28. The van der Waals surface area contributed by atoms with Crippen LogP contribution in [0.4, 0.5) is 5.69 Å². The summed E-state index contributed by atoms with van der Waals surface area (Å²) in [6, 6.07) is 9.21. The van der Waals surface area contributed by atoms with E-state index < -0.39 is 0 Å². The van der Waals surface area contributed by atoms with Crippen LogP contribution in [0.2, 0.25) is 5.02 Å². The molecule has 1 aliphatic rings. The van der Waals surface area contributed by atoms with Crippen molar-refractivity contribution in [2.45, 2.75) is 6.42 Å². The molecule has 1 fully saturated rings. The molecule has 1 aliphatic heterocycles. The molecule has 1 atom stereocenters. The van der Waals surface area contributed by atoms with E-state index in [0.717, 1.165) is 26.2 Å². The second-order valence-electron chi connectivity index (χ2n) is 5.04. The highest BCUT2D eigenvalue weighted by Gasteiger charge is 2.17. The molecule has 0 unspecified atom stereocenters. The van der Waals surface area contributed by atoms with Crippen LogP contribution in [0.15, 0.2) is 41.3 Å². The van der Waals surface area contributed by atoms with Crippen molar-refractivity contribution in [3.63, 3.8) is 0 Å². The number of nitrogens with one attached hydrogen (secondary N) is 1. The zero-order valence-corrected chi connectivity index (χ0v) is 12.2. The summed E-state index contributed by atoms with van der Waals surface area (Å²) < 4.78 is 6.62. The van der Waals surface area contributed by atoms with Gasteiger partial charge >= 0.3 is 0 Å². The van der Waals surface area contributed by atoms with Crippen molar-refractivity contribution in [2.24, 2.45) is 5.92 Å². The van der Waals surface area contributed by atoms with E-state index in [2.05, 4.69) is 10.4 Å². The van der Waals surface area contributed by atoms with E-state index in [1.165, 1.54) is 4.68 Å². The summed E-state index contributed by atoms with van der Waals surface area (Å²) in [7, 11) is 0. The minimum absolute atomic E-state index is 0.160. The van der Waals surface area contributed by atoms with E-state index in [1.54, 1.807) is 6.20 Å². The van der Waals surface area contributed by atoms with Gasteiger partial charge in [0.15, 0.2) is 0 Å². The summed E-state index contributed by atoms with van der Waals surface area (Å²) in [5, 5.41) is 7.53. The van der Waals surface area contributed by atoms with Gasteiger partial charge in [0.2, 0.25) is 0 Å². The van der Waals surface area contributed by atoms with Gasteiger partial charge in [0.25, 0.3) is 5.56 Å². The summed E-state index contributed by atoms with van der Waals surface area (Å²) in [5.41, 5.74) is 0.941. The highest BCUT2D eigenvalue weighted by atomic mass is 35.5. The predicted molar refractivity (Wildman–Crippen MR) is 82.3 cm³/mol. The maximum absolute atomic E-state index is 12.3. The Balaban J connectivity index is 1.81. The molecule has 2 aromatic rings. The summed E-state index contributed by atoms with van der Waals surface area (Å²) >= 11 is 6.17. The number of aromatic nitrogens is 2. The first kappa shape index (κ1) is 14.1. The Bertz CT molecular complexity index is 666. The average molecular weight is 306 g/mol. The minimum Gasteiger partial charge on any atom is -0.382 e. The Kier molecular flexibility index (Phi) is 4.22. The average Bonchev–Trinajstić information content (AvgIpc) is 3.03. The molecule has 0 radical (unpaired) electrons. The zero-order chi connectivity index (χ0) is 14.7. The third kappa shape index (κ3) is 3.09. The van der Waals surface area contributed by atoms with E-state index in [0.29, 0.717) is 17.3 Å². The number of rotatable bonds is 4. The van der Waals surface area contributed by atoms with E-state index >= 15 is 0 Å². The number of benzene rings is 1. The van der Waals surface area contributed by atoms with Crippen LogP contribution in [0.1, 0.15) is 6.42 Å². The molecular weight excluding hydrogens is 290 g/mol. The molecule has 0 amide bonds. The number of nitrogens with zero attached hydrogens (tertiary/aromatic N) is 2. The van der Waals surface area contributed by atoms with Crippen LogP contribution in [0, 0.1) is 5.92 Å². The molecule has 1 saturated heterocycles. The molecule has 1 N–H and O–H groups in total. The number of ether oxygens (including phenoxy) is 1. The predicted octanol–water partition coefficient (Wildman–Crippen LogP) is 2.33. The molecule has 0 bridgehead atoms. The summed E-state index contributed by atoms with van der Waals surface area (Å²) in [4.78, 5) is 12.3. The maximum Gasteiger partial charge on any atom is 0.292 e. The van der Waals surface area contributed by atoms with Crippen LogP contribution in [0.5, 0.6) is 0 Å². The molecule has 6 heteroatoms. The number of anilines is 1. The fourth-order valence-corrected chi connectivity index (χ4v) is 2.50. The molecule has 0 saturated carbocycles. The normalized spacial score (nSPS) is 17.9. The summed E-state index contributed by atoms with van der Waals surface area (Å²) in [6.07, 6.45) is 2.62. The van der Waals surface area contributed by atoms with Crippen molar-refractivity contribution < 1.29 is 4.74 Å². The number of halogens is 1. The van der Waals surface area contributed by atoms with Crippen molar-refractivity contribution >= 4 is 17.3 Å². The standard InChI is InChI=1S/C15H16ClN3O2/c16-14-13(17-8-11-6-7-21-10-11)9-18-19(15(14)20)12-4-2-1-3-5-12/h1-5,9,11,17H,6-8,10H2/t11-/m0/s1. The van der Waals surface area contributed by atoms with Crippen molar-refractivity contribution in [2.75, 3.05) is 25.1 Å². The van der Waals surface area contributed by atoms with Crippen LogP contribution in [-0.4, -0.2) is 29.5 Å². The number of hydrogen-bond acceptors (Lipinski definition) is 4. The van der Waals surface area contributed by atoms with Gasteiger partial charge in [-0.1, -0.05) is 29.8 Å². The van der Waals surface area contributed by atoms with Crippen LogP contribution in [-0.2, 0) is 4.74 Å². The Hall–Kier alpha value is -1.85. The molecule has 3 rings (SSSR count). The topological polar surface area (TPSA) is 56.1 Å². The molecule has 21 heavy (non-hydrogen) atoms. The van der Waals surface area contributed by atoms with E-state index in [1.807, 2.05) is 30.3 Å². The van der Waals surface area contributed by atoms with Gasteiger partial charge in [0, 0.05) is 19.1 Å². The van der Waals surface area contributed by atoms with Crippen LogP contribution < -0.4 is 10.9 Å². The van der Waals surface area contributed by atoms with Gasteiger partial charge in [0.05, 0.1) is 24.2 Å². The highest BCUT2D eigenvalue weighted by molar-refractivity contribution is 6.32. The van der Waals surface area contributed by atoms with Gasteiger partial charge in [-0.15, -0.1) is 0 Å². The van der Waals surface area contributed by atoms with Crippen molar-refractivity contribution in [1.82, 2.24) is 9.78 Å². The van der Waals surface area contributed by atoms with Crippen molar-refractivity contribution in [1.29, 1.82) is 0 Å². The third-order valence-corrected chi connectivity index (χ3v) is 3.89. The van der Waals surface area contributed by atoms with E-state index in [9.17, 15) is 4.79 Å². The Labute approximate surface area is 127 Å². The third-order valence-electron chi connectivity index (χ3n) is 3.52. The van der Waals surface area contributed by atoms with Gasteiger partial charge in [-0.25, -0.2) is 0 Å². The fourth-order valence-electron chi connectivity index (χ4n) is 2.31. The van der Waals surface area contributed by atoms with Crippen molar-refractivity contribution in [3.05, 3.63) is 51.9 Å². The van der Waals surface area contributed by atoms with Gasteiger partial charge in [-0.05, 0) is 18.6 Å². The van der Waals surface area contributed by atoms with Gasteiger partial charge in [-0.3, -0.25) is 4.79 Å². The fraction of sp³-hybridized carbons (Fsp3) is 0.333. The smallest absolute Gasteiger partial charge is 0.292 e. The Morgan fingerprint density at radius 3 is 2.90 bits per heavy atom. The Morgan fingerprint density at radius 2 is 2.19 bits per heavy atom. The molecule has 2 heterocycles. The summed E-state index contributed by atoms with van der Waals surface area (Å²) in [6.45, 7) is 2.28. The molecule has 0 spiro atoms. The first-order chi connectivity index (χ1) is 10.3. The van der Waals surface area contributed by atoms with Gasteiger partial charge in [0.1, 0.15) is 5.02 Å². The lowest BCUT2D eigenvalue weighted by Crippen LogP contribution is -2.24. The maximum atomic E-state index is 12.3. The second kappa shape index (κ2) is 6.28. The minimum atomic E-state index is -0.324. The largest absolute Gasteiger partial charge is 0.382 e. The van der Waals surface area contributed by atoms with Gasteiger partial charge in [-0.2, -0.15) is 9.78 Å². The molecule has 5 nitrogen and oxygen atoms in total. The molecule has 1 aromatic heterocycles. The molecule has 110 valence electrons. The molecular formula is C15H16ClN3O2. The van der Waals surface area contributed by atoms with E-state index in [4.69, 9.17) is 16.3 Å². The highest BCUT2D eigenvalue weighted by Crippen LogP contribution is 2.19. The molecule has 1 aromatic carbocycles. The lowest BCUT2D eigenvalue weighted by atomic mass is 10.1. The lowest BCUT2D eigenvalue weighted by Gasteiger charge is -2.12. The molecule has 0 aliphatic carbocycles. The number of hydrogen-bond donors (Lipinski definition) is 1. The first-order valence-electron chi connectivity index (χ1n) is 6.90. The van der Waals surface area contributed by atoms with Crippen molar-refractivity contribution in [3.8, 4) is 5.69 Å². The van der Waals surface area contributed by atoms with Crippen LogP contribution in [0.25, 0.3) is 5.69 Å². The van der Waals surface area contributed by atoms with Crippen LogP contribution in [0.3, 0.4) is 0 Å². The lowest BCUT2D eigenvalue weighted by molar-refractivity contribution is 0.187. The summed E-state index contributed by atoms with van der Waals surface area (Å²) in [5.74, 6) is 0.456. The van der Waals surface area contributed by atoms with E-state index in [-0.39, 0.29) is 10.6 Å². The Morgan fingerprint density at radius 1 is 1.38 bits per heavy atom. The SMILES string of the molecule is O=c1c(Cl)c(NC[C@@H]2CCOC2)cnn1-c1ccccc1. The zero-order valence-electron chi connectivity index (χ0n) is 11.5. The number of para-hydroxylation sites is 1. The second-order valence-corrected chi connectivity index (χ2v) is 5.41. The quantitative estimate of drug-likeness (QED) is 0.942. The van der Waals surface area contributed by atoms with Crippen LogP contribution >= 0.6 is 11.6 Å². The monoisotopic (exact) mass is 305 g/mol.